The van der Waals surface area contributed by atoms with E-state index in [9.17, 15) is 14.7 Å². The smallest absolute Gasteiger partial charge is 0.336 e. The fourth-order valence-electron chi connectivity index (χ4n) is 4.40. The van der Waals surface area contributed by atoms with Crippen molar-refractivity contribution in [1.82, 2.24) is 0 Å². The van der Waals surface area contributed by atoms with Crippen molar-refractivity contribution in [2.75, 3.05) is 26.4 Å². The van der Waals surface area contributed by atoms with E-state index in [0.29, 0.717) is 37.3 Å². The van der Waals surface area contributed by atoms with E-state index in [2.05, 4.69) is 0 Å². The van der Waals surface area contributed by atoms with E-state index in [4.69, 9.17) is 20.2 Å². The van der Waals surface area contributed by atoms with Crippen molar-refractivity contribution in [2.24, 2.45) is 22.1 Å². The van der Waals surface area contributed by atoms with Crippen molar-refractivity contribution in [3.05, 3.63) is 41.1 Å². The first-order chi connectivity index (χ1) is 14.3. The molecule has 1 fully saturated rings. The average Bonchev–Trinajstić information content (AvgIpc) is 2.66. The summed E-state index contributed by atoms with van der Waals surface area (Å²) in [6, 6.07) is 6.80. The lowest BCUT2D eigenvalue weighted by Crippen LogP contribution is -2.44. The SMILES string of the molecule is CCOC(=O)C1=C(COCCN)N=C2CC(C)(C)CC(=O)C2C1c1ccccc1O. The number of ketones is 1. The Balaban J connectivity index is 2.20. The summed E-state index contributed by atoms with van der Waals surface area (Å²) in [5.74, 6) is -1.77. The lowest BCUT2D eigenvalue weighted by molar-refractivity contribution is -0.139. The summed E-state index contributed by atoms with van der Waals surface area (Å²) in [5, 5.41) is 10.6. The molecule has 7 heteroatoms. The number of nitrogens with zero attached hydrogens (tertiary/aromatic N) is 1. The summed E-state index contributed by atoms with van der Waals surface area (Å²) in [4.78, 5) is 31.0. The van der Waals surface area contributed by atoms with Gasteiger partial charge in [-0.1, -0.05) is 32.0 Å². The first kappa shape index (κ1) is 22.2. The van der Waals surface area contributed by atoms with Crippen LogP contribution in [-0.2, 0) is 19.1 Å². The lowest BCUT2D eigenvalue weighted by Gasteiger charge is -2.41. The highest BCUT2D eigenvalue weighted by Crippen LogP contribution is 2.48. The van der Waals surface area contributed by atoms with Crippen LogP contribution in [0.4, 0.5) is 0 Å². The van der Waals surface area contributed by atoms with Crippen LogP contribution >= 0.6 is 0 Å². The third-order valence-electron chi connectivity index (χ3n) is 5.52. The molecule has 30 heavy (non-hydrogen) atoms. The van der Waals surface area contributed by atoms with Crippen molar-refractivity contribution in [3.63, 3.8) is 0 Å². The van der Waals surface area contributed by atoms with Gasteiger partial charge in [0.15, 0.2) is 0 Å². The number of nitrogens with two attached hydrogens (primary N) is 1. The van der Waals surface area contributed by atoms with Gasteiger partial charge in [-0.05, 0) is 24.8 Å². The summed E-state index contributed by atoms with van der Waals surface area (Å²) >= 11 is 0. The average molecular weight is 415 g/mol. The zero-order chi connectivity index (χ0) is 21.9. The van der Waals surface area contributed by atoms with E-state index in [0.717, 1.165) is 5.71 Å². The molecule has 0 spiro atoms. The molecule has 3 rings (SSSR count). The van der Waals surface area contributed by atoms with Crippen molar-refractivity contribution < 1.29 is 24.2 Å². The van der Waals surface area contributed by atoms with Crippen LogP contribution in [0.5, 0.6) is 5.75 Å². The van der Waals surface area contributed by atoms with E-state index in [1.165, 1.54) is 0 Å². The number of carbonyl (C=O) groups excluding carboxylic acids is 2. The second-order valence-electron chi connectivity index (χ2n) is 8.52. The van der Waals surface area contributed by atoms with Gasteiger partial charge in [-0.15, -0.1) is 0 Å². The number of aromatic hydroxyl groups is 1. The Morgan fingerprint density at radius 1 is 1.27 bits per heavy atom. The number of esters is 1. The van der Waals surface area contributed by atoms with Crippen LogP contribution in [-0.4, -0.2) is 48.9 Å². The van der Waals surface area contributed by atoms with Crippen LogP contribution in [0.15, 0.2) is 40.5 Å². The third-order valence-corrected chi connectivity index (χ3v) is 5.52. The molecule has 7 nitrogen and oxygen atoms in total. The van der Waals surface area contributed by atoms with E-state index in [1.54, 1.807) is 31.2 Å². The fourth-order valence-corrected chi connectivity index (χ4v) is 4.40. The van der Waals surface area contributed by atoms with Gasteiger partial charge in [0.05, 0.1) is 37.0 Å². The molecule has 2 unspecified atom stereocenters. The Bertz CT molecular complexity index is 887. The Labute approximate surface area is 177 Å². The Hall–Kier alpha value is -2.51. The number of phenolic OH excluding ortho intramolecular Hbond substituents is 1. The maximum absolute atomic E-state index is 13.2. The van der Waals surface area contributed by atoms with Crippen LogP contribution in [0.25, 0.3) is 0 Å². The summed E-state index contributed by atoms with van der Waals surface area (Å²) in [6.07, 6.45) is 1.01. The molecule has 1 aromatic carbocycles. The van der Waals surface area contributed by atoms with Gasteiger partial charge in [-0.2, -0.15) is 0 Å². The maximum atomic E-state index is 13.2. The normalized spacial score (nSPS) is 23.1. The third kappa shape index (κ3) is 4.47. The number of fused-ring (bicyclic) bond motifs is 1. The van der Waals surface area contributed by atoms with Crippen LogP contribution in [0.1, 0.15) is 45.1 Å². The standard InChI is InChI=1S/C23H30N2O5/c1-4-30-22(28)21-16(13-29-10-9-24)25-15-11-23(2,3)12-18(27)20(15)19(21)14-7-5-6-8-17(14)26/h5-8,19-20,26H,4,9-13,24H2,1-3H3. The summed E-state index contributed by atoms with van der Waals surface area (Å²) in [6.45, 7) is 6.73. The fraction of sp³-hybridized carbons (Fsp3) is 0.522. The Morgan fingerprint density at radius 3 is 2.67 bits per heavy atom. The van der Waals surface area contributed by atoms with Crippen LogP contribution in [0, 0.1) is 11.3 Å². The number of carbonyl (C=O) groups is 2. The molecule has 2 aliphatic rings. The number of hydrogen-bond donors (Lipinski definition) is 2. The van der Waals surface area contributed by atoms with Gasteiger partial charge < -0.3 is 20.3 Å². The minimum atomic E-state index is -0.669. The number of phenols is 1. The topological polar surface area (TPSA) is 111 Å². The number of rotatable bonds is 7. The predicted molar refractivity (Wildman–Crippen MR) is 113 cm³/mol. The highest BCUT2D eigenvalue weighted by molar-refractivity contribution is 6.12. The number of aliphatic imine (C=N–C) groups is 1. The second-order valence-corrected chi connectivity index (χ2v) is 8.52. The molecule has 3 N–H and O–H groups in total. The Kier molecular flexibility index (Phi) is 6.73. The molecular formula is C23H30N2O5. The molecule has 162 valence electrons. The molecule has 1 heterocycles. The van der Waals surface area contributed by atoms with Gasteiger partial charge in [0.2, 0.25) is 0 Å². The largest absolute Gasteiger partial charge is 0.508 e. The monoisotopic (exact) mass is 414 g/mol. The minimum Gasteiger partial charge on any atom is -0.508 e. The minimum absolute atomic E-state index is 0.0157. The molecule has 2 atom stereocenters. The second kappa shape index (κ2) is 9.10. The number of ether oxygens (including phenoxy) is 2. The van der Waals surface area contributed by atoms with Crippen LogP contribution < -0.4 is 5.73 Å². The molecule has 1 aliphatic carbocycles. The number of benzene rings is 1. The van der Waals surface area contributed by atoms with Gasteiger partial charge in [-0.3, -0.25) is 9.79 Å². The van der Waals surface area contributed by atoms with Crippen LogP contribution in [0.3, 0.4) is 0 Å². The van der Waals surface area contributed by atoms with E-state index in [-0.39, 0.29) is 35.7 Å². The molecule has 0 amide bonds. The van der Waals surface area contributed by atoms with Gasteiger partial charge in [-0.25, -0.2) is 4.79 Å². The molecule has 0 aromatic heterocycles. The quantitative estimate of drug-likeness (QED) is 0.524. The van der Waals surface area contributed by atoms with Gasteiger partial charge in [0.25, 0.3) is 0 Å². The zero-order valence-corrected chi connectivity index (χ0v) is 17.8. The Morgan fingerprint density at radius 2 is 2.00 bits per heavy atom. The molecule has 0 bridgehead atoms. The summed E-state index contributed by atoms with van der Waals surface area (Å²) in [5.41, 5.74) is 7.27. The summed E-state index contributed by atoms with van der Waals surface area (Å²) < 4.78 is 10.9. The molecular weight excluding hydrogens is 384 g/mol. The number of para-hydroxylation sites is 1. The molecule has 0 radical (unpaired) electrons. The van der Waals surface area contributed by atoms with E-state index < -0.39 is 17.8 Å². The first-order valence-electron chi connectivity index (χ1n) is 10.3. The van der Waals surface area contributed by atoms with Gasteiger partial charge in [0, 0.05) is 30.2 Å². The van der Waals surface area contributed by atoms with E-state index >= 15 is 0 Å². The number of hydrogen-bond acceptors (Lipinski definition) is 7. The van der Waals surface area contributed by atoms with Crippen molar-refractivity contribution in [1.29, 1.82) is 0 Å². The molecule has 0 saturated heterocycles. The highest BCUT2D eigenvalue weighted by Gasteiger charge is 2.48. The highest BCUT2D eigenvalue weighted by atomic mass is 16.5. The lowest BCUT2D eigenvalue weighted by atomic mass is 9.63. The molecule has 1 aromatic rings. The van der Waals surface area contributed by atoms with E-state index in [1.807, 2.05) is 13.8 Å². The van der Waals surface area contributed by atoms with Crippen molar-refractivity contribution in [3.8, 4) is 5.75 Å². The van der Waals surface area contributed by atoms with Crippen LogP contribution in [0.2, 0.25) is 0 Å². The maximum Gasteiger partial charge on any atom is 0.336 e. The molecule has 1 saturated carbocycles. The first-order valence-corrected chi connectivity index (χ1v) is 10.3. The summed E-state index contributed by atoms with van der Waals surface area (Å²) in [7, 11) is 0. The van der Waals surface area contributed by atoms with Gasteiger partial charge >= 0.3 is 5.97 Å². The van der Waals surface area contributed by atoms with Gasteiger partial charge in [0.1, 0.15) is 11.5 Å². The van der Waals surface area contributed by atoms with Crippen molar-refractivity contribution in [2.45, 2.75) is 39.5 Å². The number of Topliss-reactive ketones (excluding diaryl/α,β-unsaturated/α-hetero) is 1. The van der Waals surface area contributed by atoms with Crippen molar-refractivity contribution >= 4 is 17.5 Å². The molecule has 1 aliphatic heterocycles. The predicted octanol–water partition coefficient (Wildman–Crippen LogP) is 2.73. The zero-order valence-electron chi connectivity index (χ0n) is 17.8.